The summed E-state index contributed by atoms with van der Waals surface area (Å²) < 4.78 is 5.28. The van der Waals surface area contributed by atoms with Gasteiger partial charge in [0.1, 0.15) is 11.6 Å². The van der Waals surface area contributed by atoms with Crippen LogP contribution in [-0.4, -0.2) is 28.8 Å². The molecule has 0 saturated carbocycles. The number of anilines is 1. The zero-order valence-corrected chi connectivity index (χ0v) is 20.5. The second-order valence-corrected chi connectivity index (χ2v) is 9.25. The number of carbonyl (C=O) groups excluding carboxylic acids is 2. The smallest absolute Gasteiger partial charge is 0.255 e. The number of Topliss-reactive ketones (excluding diaryl/α,β-unsaturated/α-hetero) is 1. The molecule has 1 aliphatic heterocycles. The van der Waals surface area contributed by atoms with Crippen LogP contribution in [0.25, 0.3) is 0 Å². The Labute approximate surface area is 210 Å². The third kappa shape index (κ3) is 4.52. The van der Waals surface area contributed by atoms with E-state index in [1.54, 1.807) is 31.8 Å². The lowest BCUT2D eigenvalue weighted by Crippen LogP contribution is -2.37. The first kappa shape index (κ1) is 23.5. The molecule has 1 amide bonds. The summed E-state index contributed by atoms with van der Waals surface area (Å²) in [4.78, 5) is 35.8. The van der Waals surface area contributed by atoms with Crippen LogP contribution in [0.1, 0.15) is 48.3 Å². The summed E-state index contributed by atoms with van der Waals surface area (Å²) in [5.74, 6) is 0.524. The van der Waals surface area contributed by atoms with Crippen LogP contribution in [-0.2, 0) is 9.59 Å². The van der Waals surface area contributed by atoms with Gasteiger partial charge < -0.3 is 15.4 Å². The molecular weight excluding hydrogens is 452 g/mol. The van der Waals surface area contributed by atoms with Gasteiger partial charge in [0.15, 0.2) is 5.78 Å². The van der Waals surface area contributed by atoms with Crippen molar-refractivity contribution in [2.75, 3.05) is 12.4 Å². The van der Waals surface area contributed by atoms with Crippen LogP contribution in [0, 0.1) is 6.92 Å². The van der Waals surface area contributed by atoms with E-state index < -0.39 is 5.92 Å². The maximum Gasteiger partial charge on any atom is 0.255 e. The average molecular weight is 481 g/mol. The van der Waals surface area contributed by atoms with Crippen LogP contribution >= 0.6 is 0 Å². The van der Waals surface area contributed by atoms with Gasteiger partial charge in [0.25, 0.3) is 5.91 Å². The van der Waals surface area contributed by atoms with Gasteiger partial charge in [0.05, 0.1) is 7.11 Å². The maximum absolute atomic E-state index is 13.7. The van der Waals surface area contributed by atoms with Crippen molar-refractivity contribution < 1.29 is 14.3 Å². The van der Waals surface area contributed by atoms with Crippen molar-refractivity contribution in [3.8, 4) is 5.75 Å². The first-order valence-corrected chi connectivity index (χ1v) is 12.0. The normalized spacial score (nSPS) is 19.5. The summed E-state index contributed by atoms with van der Waals surface area (Å²) in [5, 5.41) is 6.32. The van der Waals surface area contributed by atoms with Crippen molar-refractivity contribution in [1.82, 2.24) is 15.3 Å². The van der Waals surface area contributed by atoms with Crippen LogP contribution < -0.4 is 15.4 Å². The Hall–Kier alpha value is -4.26. The molecule has 0 bridgehead atoms. The second-order valence-electron chi connectivity index (χ2n) is 9.25. The van der Waals surface area contributed by atoms with Crippen LogP contribution in [0.4, 0.5) is 5.82 Å². The van der Waals surface area contributed by atoms with E-state index in [9.17, 15) is 9.59 Å². The Balaban J connectivity index is 1.51. The van der Waals surface area contributed by atoms with Crippen LogP contribution in [0.5, 0.6) is 5.75 Å². The number of ether oxygens (including phenoxy) is 1. The SMILES string of the molecule is COc1ccc([C@H]2CC(=O)C3=C(C2)NC(C)=C(C(=O)Nc2ccc(C)cn2)[C@H]3c2cccnc2)cc1. The molecule has 2 N–H and O–H groups in total. The number of nitrogens with zero attached hydrogens (tertiary/aromatic N) is 2. The lowest BCUT2D eigenvalue weighted by atomic mass is 9.72. The number of carbonyl (C=O) groups is 2. The summed E-state index contributed by atoms with van der Waals surface area (Å²) >= 11 is 0. The van der Waals surface area contributed by atoms with Crippen LogP contribution in [0.3, 0.4) is 0 Å². The Kier molecular flexibility index (Phi) is 6.38. The van der Waals surface area contributed by atoms with Gasteiger partial charge >= 0.3 is 0 Å². The zero-order valence-electron chi connectivity index (χ0n) is 20.5. The fraction of sp³-hybridized carbons (Fsp3) is 0.241. The minimum atomic E-state index is -0.510. The van der Waals surface area contributed by atoms with Crippen molar-refractivity contribution in [2.45, 2.75) is 38.5 Å². The van der Waals surface area contributed by atoms with Gasteiger partial charge in [0.2, 0.25) is 0 Å². The average Bonchev–Trinajstić information content (AvgIpc) is 2.89. The highest BCUT2D eigenvalue weighted by atomic mass is 16.5. The van der Waals surface area contributed by atoms with Crippen molar-refractivity contribution in [3.63, 3.8) is 0 Å². The standard InChI is InChI=1S/C29H28N4O3/c1-17-6-11-25(31-15-17)33-29(35)26-18(2)32-23-13-21(19-7-9-22(36-3)10-8-19)14-24(34)28(23)27(26)20-5-4-12-30-16-20/h4-12,15-16,21,27,32H,13-14H2,1-3H3,(H,31,33,35)/t21-,27-/m1/s1. The molecule has 3 aromatic rings. The van der Waals surface area contributed by atoms with Gasteiger partial charge in [-0.1, -0.05) is 24.3 Å². The minimum Gasteiger partial charge on any atom is -0.497 e. The highest BCUT2D eigenvalue weighted by Gasteiger charge is 2.41. The first-order valence-electron chi connectivity index (χ1n) is 12.0. The first-order chi connectivity index (χ1) is 17.4. The van der Waals surface area contributed by atoms with E-state index in [0.717, 1.165) is 33.8 Å². The highest BCUT2D eigenvalue weighted by Crippen LogP contribution is 2.45. The zero-order chi connectivity index (χ0) is 25.2. The fourth-order valence-electron chi connectivity index (χ4n) is 5.06. The number of methoxy groups -OCH3 is 1. The predicted octanol–water partition coefficient (Wildman–Crippen LogP) is 4.79. The number of hydrogen-bond donors (Lipinski definition) is 2. The molecule has 0 unspecified atom stereocenters. The summed E-state index contributed by atoms with van der Waals surface area (Å²) in [5.41, 5.74) is 5.62. The number of aryl methyl sites for hydroxylation is 1. The number of rotatable bonds is 5. The predicted molar refractivity (Wildman–Crippen MR) is 137 cm³/mol. The summed E-state index contributed by atoms with van der Waals surface area (Å²) in [6.45, 7) is 3.82. The molecule has 182 valence electrons. The molecule has 0 spiro atoms. The van der Waals surface area contributed by atoms with E-state index in [1.807, 2.05) is 56.3 Å². The van der Waals surface area contributed by atoms with Gasteiger partial charge in [0, 0.05) is 53.5 Å². The molecule has 0 saturated heterocycles. The quantitative estimate of drug-likeness (QED) is 0.545. The van der Waals surface area contributed by atoms with Gasteiger partial charge in [-0.2, -0.15) is 0 Å². The van der Waals surface area contributed by atoms with Crippen molar-refractivity contribution in [1.29, 1.82) is 0 Å². The summed E-state index contributed by atoms with van der Waals surface area (Å²) in [6.07, 6.45) is 6.18. The fourth-order valence-corrected chi connectivity index (χ4v) is 5.06. The number of amides is 1. The molecular formula is C29H28N4O3. The van der Waals surface area contributed by atoms with Crippen LogP contribution in [0.2, 0.25) is 0 Å². The molecule has 2 aliphatic rings. The molecule has 36 heavy (non-hydrogen) atoms. The third-order valence-electron chi connectivity index (χ3n) is 6.83. The molecule has 0 radical (unpaired) electrons. The van der Waals surface area contributed by atoms with Crippen molar-refractivity contribution in [3.05, 3.63) is 106 Å². The van der Waals surface area contributed by atoms with E-state index in [-0.39, 0.29) is 17.6 Å². The molecule has 5 rings (SSSR count). The highest BCUT2D eigenvalue weighted by molar-refractivity contribution is 6.09. The lowest BCUT2D eigenvalue weighted by molar-refractivity contribution is -0.116. The monoisotopic (exact) mass is 480 g/mol. The van der Waals surface area contributed by atoms with Crippen LogP contribution in [0.15, 0.2) is 89.7 Å². The molecule has 2 aromatic heterocycles. The van der Waals surface area contributed by atoms with E-state index in [0.29, 0.717) is 29.8 Å². The van der Waals surface area contributed by atoms with Crippen molar-refractivity contribution >= 4 is 17.5 Å². The molecule has 1 aliphatic carbocycles. The summed E-state index contributed by atoms with van der Waals surface area (Å²) in [7, 11) is 1.64. The number of allylic oxidation sites excluding steroid dienone is 3. The summed E-state index contributed by atoms with van der Waals surface area (Å²) in [6, 6.07) is 15.3. The Morgan fingerprint density at radius 2 is 1.83 bits per heavy atom. The van der Waals surface area contributed by atoms with E-state index >= 15 is 0 Å². The van der Waals surface area contributed by atoms with Gasteiger partial charge in [-0.05, 0) is 67.1 Å². The van der Waals surface area contributed by atoms with E-state index in [4.69, 9.17) is 4.74 Å². The number of ketones is 1. The minimum absolute atomic E-state index is 0.0321. The molecule has 7 nitrogen and oxygen atoms in total. The Bertz CT molecular complexity index is 1360. The van der Waals surface area contributed by atoms with Crippen molar-refractivity contribution in [2.24, 2.45) is 0 Å². The second kappa shape index (κ2) is 9.77. The third-order valence-corrected chi connectivity index (χ3v) is 6.83. The van der Waals surface area contributed by atoms with Gasteiger partial charge in [-0.15, -0.1) is 0 Å². The molecule has 2 atom stereocenters. The largest absolute Gasteiger partial charge is 0.497 e. The number of dihydropyridines is 1. The van der Waals surface area contributed by atoms with E-state index in [1.165, 1.54) is 0 Å². The molecule has 7 heteroatoms. The van der Waals surface area contributed by atoms with Gasteiger partial charge in [-0.25, -0.2) is 4.98 Å². The lowest BCUT2D eigenvalue weighted by Gasteiger charge is -2.37. The van der Waals surface area contributed by atoms with Gasteiger partial charge in [-0.3, -0.25) is 14.6 Å². The number of aromatic nitrogens is 2. The van der Waals surface area contributed by atoms with E-state index in [2.05, 4.69) is 20.6 Å². The molecule has 1 aromatic carbocycles. The Morgan fingerprint density at radius 1 is 1.03 bits per heavy atom. The number of benzene rings is 1. The Morgan fingerprint density at radius 3 is 2.50 bits per heavy atom. The number of hydrogen-bond acceptors (Lipinski definition) is 6. The number of pyridine rings is 2. The topological polar surface area (TPSA) is 93.2 Å². The number of nitrogens with one attached hydrogen (secondary N) is 2. The maximum atomic E-state index is 13.7. The molecule has 0 fully saturated rings. The molecule has 3 heterocycles.